The summed E-state index contributed by atoms with van der Waals surface area (Å²) in [5.74, 6) is 0.859. The lowest BCUT2D eigenvalue weighted by molar-refractivity contribution is 0.0996. The normalized spacial score (nSPS) is 10.6. The Hall–Kier alpha value is -3.35. The molecule has 3 N–H and O–H groups in total. The first-order valence-electron chi connectivity index (χ1n) is 8.07. The molecule has 0 saturated heterocycles. The predicted octanol–water partition coefficient (Wildman–Crippen LogP) is 2.78. The SMILES string of the molecule is COc1ccc(-c2n[nH]nc2C(N)=O)cc1COc1cc(C)ccc1C. The second-order valence-corrected chi connectivity index (χ2v) is 5.97. The zero-order chi connectivity index (χ0) is 18.7. The summed E-state index contributed by atoms with van der Waals surface area (Å²) in [6.45, 7) is 4.32. The Balaban J connectivity index is 1.92. The second kappa shape index (κ2) is 7.26. The van der Waals surface area contributed by atoms with Crippen LogP contribution in [0, 0.1) is 13.8 Å². The Bertz CT molecular complexity index is 950. The fraction of sp³-hybridized carbons (Fsp3) is 0.211. The van der Waals surface area contributed by atoms with Gasteiger partial charge in [-0.3, -0.25) is 4.79 Å². The van der Waals surface area contributed by atoms with Crippen molar-refractivity contribution in [2.45, 2.75) is 20.5 Å². The molecule has 0 aliphatic rings. The molecule has 0 aliphatic carbocycles. The molecule has 7 heteroatoms. The van der Waals surface area contributed by atoms with Gasteiger partial charge in [0.1, 0.15) is 23.8 Å². The van der Waals surface area contributed by atoms with Gasteiger partial charge in [0.15, 0.2) is 5.69 Å². The van der Waals surface area contributed by atoms with E-state index in [9.17, 15) is 4.79 Å². The van der Waals surface area contributed by atoms with E-state index in [1.54, 1.807) is 19.2 Å². The number of carbonyl (C=O) groups is 1. The molecule has 0 radical (unpaired) electrons. The molecule has 3 aromatic rings. The molecule has 3 rings (SSSR count). The molecule has 1 aromatic heterocycles. The molecule has 26 heavy (non-hydrogen) atoms. The second-order valence-electron chi connectivity index (χ2n) is 5.97. The van der Waals surface area contributed by atoms with Gasteiger partial charge in [0.25, 0.3) is 5.91 Å². The number of aryl methyl sites for hydroxylation is 2. The van der Waals surface area contributed by atoms with E-state index in [0.717, 1.165) is 22.4 Å². The smallest absolute Gasteiger partial charge is 0.271 e. The lowest BCUT2D eigenvalue weighted by atomic mass is 10.1. The van der Waals surface area contributed by atoms with Crippen LogP contribution >= 0.6 is 0 Å². The summed E-state index contributed by atoms with van der Waals surface area (Å²) in [6.07, 6.45) is 0. The fourth-order valence-electron chi connectivity index (χ4n) is 2.66. The number of hydrogen-bond acceptors (Lipinski definition) is 5. The van der Waals surface area contributed by atoms with Crippen LogP contribution in [0.4, 0.5) is 0 Å². The van der Waals surface area contributed by atoms with E-state index in [4.69, 9.17) is 15.2 Å². The molecule has 7 nitrogen and oxygen atoms in total. The maximum absolute atomic E-state index is 11.5. The number of hydrogen-bond donors (Lipinski definition) is 2. The minimum absolute atomic E-state index is 0.0940. The van der Waals surface area contributed by atoms with Crippen molar-refractivity contribution in [2.24, 2.45) is 5.73 Å². The highest BCUT2D eigenvalue weighted by Gasteiger charge is 2.17. The van der Waals surface area contributed by atoms with Crippen molar-refractivity contribution in [1.82, 2.24) is 15.4 Å². The number of nitrogens with one attached hydrogen (secondary N) is 1. The number of amides is 1. The molecular weight excluding hydrogens is 332 g/mol. The number of nitrogens with zero attached hydrogens (tertiary/aromatic N) is 2. The van der Waals surface area contributed by atoms with Crippen LogP contribution in [0.25, 0.3) is 11.3 Å². The maximum atomic E-state index is 11.5. The van der Waals surface area contributed by atoms with Crippen LogP contribution in [-0.4, -0.2) is 28.4 Å². The Morgan fingerprint density at radius 1 is 1.12 bits per heavy atom. The van der Waals surface area contributed by atoms with Gasteiger partial charge in [-0.15, -0.1) is 0 Å². The van der Waals surface area contributed by atoms with E-state index in [-0.39, 0.29) is 5.69 Å². The Labute approximate surface area is 151 Å². The quantitative estimate of drug-likeness (QED) is 0.710. The molecule has 2 aromatic carbocycles. The molecular formula is C19H20N4O3. The molecule has 0 saturated carbocycles. The van der Waals surface area contributed by atoms with Gasteiger partial charge in [0, 0.05) is 11.1 Å². The zero-order valence-electron chi connectivity index (χ0n) is 14.9. The molecule has 1 heterocycles. The first-order chi connectivity index (χ1) is 12.5. The summed E-state index contributed by atoms with van der Waals surface area (Å²) in [5.41, 5.74) is 9.54. The van der Waals surface area contributed by atoms with Gasteiger partial charge in [-0.25, -0.2) is 0 Å². The third-order valence-corrected chi connectivity index (χ3v) is 4.06. The van der Waals surface area contributed by atoms with E-state index in [1.807, 2.05) is 38.1 Å². The van der Waals surface area contributed by atoms with Crippen LogP contribution < -0.4 is 15.2 Å². The molecule has 134 valence electrons. The zero-order valence-corrected chi connectivity index (χ0v) is 14.9. The van der Waals surface area contributed by atoms with Crippen LogP contribution in [0.15, 0.2) is 36.4 Å². The van der Waals surface area contributed by atoms with Gasteiger partial charge in [-0.2, -0.15) is 15.4 Å². The topological polar surface area (TPSA) is 103 Å². The van der Waals surface area contributed by atoms with Gasteiger partial charge in [-0.05, 0) is 49.2 Å². The predicted molar refractivity (Wildman–Crippen MR) is 97.1 cm³/mol. The summed E-state index contributed by atoms with van der Waals surface area (Å²) in [6, 6.07) is 11.5. The van der Waals surface area contributed by atoms with E-state index in [1.165, 1.54) is 0 Å². The largest absolute Gasteiger partial charge is 0.496 e. The van der Waals surface area contributed by atoms with Crippen LogP contribution in [0.5, 0.6) is 11.5 Å². The number of ether oxygens (including phenoxy) is 2. The average molecular weight is 352 g/mol. The van der Waals surface area contributed by atoms with Gasteiger partial charge in [0.05, 0.1) is 7.11 Å². The van der Waals surface area contributed by atoms with Gasteiger partial charge in [-0.1, -0.05) is 12.1 Å². The number of carbonyl (C=O) groups excluding carboxylic acids is 1. The summed E-state index contributed by atoms with van der Waals surface area (Å²) < 4.78 is 11.4. The van der Waals surface area contributed by atoms with Crippen LogP contribution in [-0.2, 0) is 6.61 Å². The number of methoxy groups -OCH3 is 1. The summed E-state index contributed by atoms with van der Waals surface area (Å²) in [7, 11) is 1.60. The number of primary amides is 1. The minimum Gasteiger partial charge on any atom is -0.496 e. The lowest BCUT2D eigenvalue weighted by Crippen LogP contribution is -2.12. The van der Waals surface area contributed by atoms with E-state index in [2.05, 4.69) is 15.4 Å². The summed E-state index contributed by atoms with van der Waals surface area (Å²) >= 11 is 0. The molecule has 0 fully saturated rings. The molecule has 0 aliphatic heterocycles. The van der Waals surface area contributed by atoms with E-state index < -0.39 is 5.91 Å². The third-order valence-electron chi connectivity index (χ3n) is 4.06. The Morgan fingerprint density at radius 3 is 2.65 bits per heavy atom. The van der Waals surface area contributed by atoms with Crippen molar-refractivity contribution < 1.29 is 14.3 Å². The molecule has 0 atom stereocenters. The number of rotatable bonds is 6. The number of H-pyrrole nitrogens is 1. The van der Waals surface area contributed by atoms with Crippen LogP contribution in [0.2, 0.25) is 0 Å². The van der Waals surface area contributed by atoms with Crippen molar-refractivity contribution in [3.05, 3.63) is 58.8 Å². The van der Waals surface area contributed by atoms with Crippen molar-refractivity contribution in [2.75, 3.05) is 7.11 Å². The van der Waals surface area contributed by atoms with Crippen molar-refractivity contribution in [3.8, 4) is 22.8 Å². The minimum atomic E-state index is -0.641. The molecule has 0 unspecified atom stereocenters. The van der Waals surface area contributed by atoms with Crippen molar-refractivity contribution >= 4 is 5.91 Å². The summed E-state index contributed by atoms with van der Waals surface area (Å²) in [5, 5.41) is 10.3. The number of aromatic nitrogens is 3. The maximum Gasteiger partial charge on any atom is 0.271 e. The molecule has 0 bridgehead atoms. The number of aromatic amines is 1. The van der Waals surface area contributed by atoms with Crippen LogP contribution in [0.3, 0.4) is 0 Å². The van der Waals surface area contributed by atoms with Crippen molar-refractivity contribution in [1.29, 1.82) is 0 Å². The Morgan fingerprint density at radius 2 is 1.92 bits per heavy atom. The van der Waals surface area contributed by atoms with Gasteiger partial charge in [0.2, 0.25) is 0 Å². The van der Waals surface area contributed by atoms with Gasteiger partial charge >= 0.3 is 0 Å². The van der Waals surface area contributed by atoms with Crippen LogP contribution in [0.1, 0.15) is 27.2 Å². The van der Waals surface area contributed by atoms with E-state index >= 15 is 0 Å². The standard InChI is InChI=1S/C19H20N4O3/c1-11-4-5-12(2)16(8-11)26-10-14-9-13(6-7-15(14)25-3)17-18(19(20)24)22-23-21-17/h4-9H,10H2,1-3H3,(H2,20,24)(H,21,22,23). The Kier molecular flexibility index (Phi) is 4.88. The first-order valence-corrected chi connectivity index (χ1v) is 8.07. The van der Waals surface area contributed by atoms with Crippen molar-refractivity contribution in [3.63, 3.8) is 0 Å². The highest BCUT2D eigenvalue weighted by atomic mass is 16.5. The number of benzene rings is 2. The highest BCUT2D eigenvalue weighted by Crippen LogP contribution is 2.28. The summed E-state index contributed by atoms with van der Waals surface area (Å²) in [4.78, 5) is 11.5. The fourth-order valence-corrected chi connectivity index (χ4v) is 2.66. The lowest BCUT2D eigenvalue weighted by Gasteiger charge is -2.13. The monoisotopic (exact) mass is 352 g/mol. The average Bonchev–Trinajstić information content (AvgIpc) is 3.12. The highest BCUT2D eigenvalue weighted by molar-refractivity contribution is 5.96. The molecule has 1 amide bonds. The first kappa shape index (κ1) is 17.5. The van der Waals surface area contributed by atoms with E-state index in [0.29, 0.717) is 23.6 Å². The number of nitrogens with two attached hydrogens (primary N) is 1. The third kappa shape index (κ3) is 3.51. The van der Waals surface area contributed by atoms with Gasteiger partial charge < -0.3 is 15.2 Å². The molecule has 0 spiro atoms.